The quantitative estimate of drug-likeness (QED) is 0.272. The summed E-state index contributed by atoms with van der Waals surface area (Å²) in [5.74, 6) is 0.0278. The van der Waals surface area contributed by atoms with E-state index >= 15 is 0 Å². The van der Waals surface area contributed by atoms with E-state index in [0.717, 1.165) is 25.7 Å². The van der Waals surface area contributed by atoms with Crippen LogP contribution in [-0.4, -0.2) is 58.0 Å². The van der Waals surface area contributed by atoms with Crippen molar-refractivity contribution in [3.63, 3.8) is 0 Å². The maximum absolute atomic E-state index is 13.2. The lowest BCUT2D eigenvalue weighted by Crippen LogP contribution is -2.24. The number of nitrogens with one attached hydrogen (secondary N) is 1. The van der Waals surface area contributed by atoms with E-state index in [1.54, 1.807) is 36.2 Å². The van der Waals surface area contributed by atoms with Crippen LogP contribution in [0.4, 0.5) is 5.69 Å². The maximum Gasteiger partial charge on any atom is 0.696 e. The molecule has 0 saturated heterocycles. The fraction of sp³-hybridized carbons (Fsp3) is 0.391. The summed E-state index contributed by atoms with van der Waals surface area (Å²) in [7, 11) is -2.72. The Morgan fingerprint density at radius 3 is 2.76 bits per heavy atom. The first-order valence-electron chi connectivity index (χ1n) is 12.1. The summed E-state index contributed by atoms with van der Waals surface area (Å²) in [6.45, 7) is 2.55. The van der Waals surface area contributed by atoms with Crippen LogP contribution in [-0.2, 0) is 20.6 Å². The highest BCUT2D eigenvalue weighted by atomic mass is 32.1. The summed E-state index contributed by atoms with van der Waals surface area (Å²) < 4.78 is 24.4. The van der Waals surface area contributed by atoms with Crippen LogP contribution in [0.25, 0.3) is 22.1 Å². The Morgan fingerprint density at radius 1 is 1.24 bits per heavy atom. The largest absolute Gasteiger partial charge is 0.696 e. The molecule has 0 bridgehead atoms. The molecule has 38 heavy (non-hydrogen) atoms. The molecule has 1 aliphatic rings. The van der Waals surface area contributed by atoms with Crippen LogP contribution < -0.4 is 5.32 Å². The molecule has 1 atom stereocenters. The zero-order valence-electron chi connectivity index (χ0n) is 20.5. The Bertz CT molecular complexity index is 1400. The fourth-order valence-corrected chi connectivity index (χ4v) is 5.31. The zero-order valence-corrected chi connectivity index (χ0v) is 22.2. The van der Waals surface area contributed by atoms with Gasteiger partial charge in [-0.25, -0.2) is 19.6 Å². The van der Waals surface area contributed by atoms with E-state index in [2.05, 4.69) is 29.9 Å². The molecule has 0 aliphatic heterocycles. The van der Waals surface area contributed by atoms with E-state index in [4.69, 9.17) is 14.7 Å². The fourth-order valence-electron chi connectivity index (χ4n) is 4.32. The number of hydrogen-bond donors (Lipinski definition) is 2. The van der Waals surface area contributed by atoms with Crippen LogP contribution in [0, 0.1) is 0 Å². The number of ether oxygens (including phenoxy) is 1. The number of thiazole rings is 1. The van der Waals surface area contributed by atoms with Crippen molar-refractivity contribution in [3.05, 3.63) is 48.1 Å². The molecule has 0 spiro atoms. The van der Waals surface area contributed by atoms with Gasteiger partial charge in [-0.3, -0.25) is 9.48 Å². The molecule has 1 saturated carbocycles. The van der Waals surface area contributed by atoms with E-state index in [1.807, 2.05) is 17.8 Å². The van der Waals surface area contributed by atoms with Crippen molar-refractivity contribution in [2.45, 2.75) is 51.5 Å². The summed E-state index contributed by atoms with van der Waals surface area (Å²) in [6, 6.07) is 1.91. The Labute approximate surface area is 222 Å². The molecule has 0 aromatic carbocycles. The van der Waals surface area contributed by atoms with Crippen molar-refractivity contribution in [1.82, 2.24) is 34.5 Å². The summed E-state index contributed by atoms with van der Waals surface area (Å²) in [5, 5.41) is 14.0. The lowest BCUT2D eigenvalue weighted by Gasteiger charge is -2.28. The third kappa shape index (κ3) is 6.17. The number of rotatable bonds is 10. The van der Waals surface area contributed by atoms with Crippen molar-refractivity contribution < 1.29 is 23.5 Å². The number of carbonyl (C=O) groups is 1. The van der Waals surface area contributed by atoms with Crippen LogP contribution in [0.3, 0.4) is 0 Å². The summed E-state index contributed by atoms with van der Waals surface area (Å²) in [6.07, 6.45) is 12.3. The number of nitrogens with zero attached hydrogens (tertiary/aromatic N) is 7. The Balaban J connectivity index is 1.33. The number of carbonyl (C=O) groups excluding carboxylic acids is 1. The SMILES string of the molecule is CCOC1CCC(n2cc(NC(=O)c3csc(-c4cnn(CO[P+](=O)O)c4)n3)c(-c3ncccn3)n2)CC1. The van der Waals surface area contributed by atoms with E-state index in [1.165, 1.54) is 16.0 Å². The first kappa shape index (κ1) is 26.2. The van der Waals surface area contributed by atoms with Crippen molar-refractivity contribution in [2.75, 3.05) is 11.9 Å². The molecule has 4 aromatic rings. The molecule has 1 aliphatic carbocycles. The third-order valence-electron chi connectivity index (χ3n) is 6.10. The van der Waals surface area contributed by atoms with Gasteiger partial charge in [0.2, 0.25) is 0 Å². The monoisotopic (exact) mass is 557 g/mol. The minimum atomic E-state index is -2.72. The van der Waals surface area contributed by atoms with Crippen LogP contribution >= 0.6 is 19.6 Å². The van der Waals surface area contributed by atoms with Crippen LogP contribution in [0.15, 0.2) is 42.4 Å². The van der Waals surface area contributed by atoms with E-state index < -0.39 is 14.2 Å². The molecule has 15 heteroatoms. The van der Waals surface area contributed by atoms with Gasteiger partial charge < -0.3 is 10.1 Å². The summed E-state index contributed by atoms with van der Waals surface area (Å²) in [5.41, 5.74) is 1.88. The van der Waals surface area contributed by atoms with Gasteiger partial charge in [-0.1, -0.05) is 4.52 Å². The Kier molecular flexibility index (Phi) is 8.25. The van der Waals surface area contributed by atoms with Gasteiger partial charge in [0, 0.05) is 46.9 Å². The standard InChI is InChI=1S/C23H25N8O5PS/c1-2-35-17-6-4-16(5-7-17)31-12-18(20(29-31)21-24-8-3-9-25-21)27-22(32)19-13-38-23(28-19)15-10-26-30(11-15)14-36-37(33)34/h3,8-13,16-17H,2,4-7,14H2,1H3,(H-,27,32,33,34)/p+1. The summed E-state index contributed by atoms with van der Waals surface area (Å²) in [4.78, 5) is 35.1. The van der Waals surface area contributed by atoms with Gasteiger partial charge >= 0.3 is 8.25 Å². The van der Waals surface area contributed by atoms with Gasteiger partial charge in [0.25, 0.3) is 5.91 Å². The summed E-state index contributed by atoms with van der Waals surface area (Å²) >= 11 is 1.28. The lowest BCUT2D eigenvalue weighted by atomic mass is 9.93. The molecule has 4 aromatic heterocycles. The van der Waals surface area contributed by atoms with E-state index in [0.29, 0.717) is 34.4 Å². The van der Waals surface area contributed by atoms with Crippen molar-refractivity contribution in [1.29, 1.82) is 0 Å². The Hall–Kier alpha value is -3.42. The number of aromatic nitrogens is 7. The second kappa shape index (κ2) is 12.0. The van der Waals surface area contributed by atoms with Crippen LogP contribution in [0.2, 0.25) is 0 Å². The number of amides is 1. The second-order valence-corrected chi connectivity index (χ2v) is 10.2. The molecule has 2 N–H and O–H groups in total. The van der Waals surface area contributed by atoms with Gasteiger partial charge in [-0.05, 0) is 38.7 Å². The van der Waals surface area contributed by atoms with Gasteiger partial charge in [-0.15, -0.1) is 16.2 Å². The molecule has 1 unspecified atom stereocenters. The first-order chi connectivity index (χ1) is 18.5. The highest BCUT2D eigenvalue weighted by Gasteiger charge is 2.26. The maximum atomic E-state index is 13.2. The van der Waals surface area contributed by atoms with Crippen molar-refractivity contribution in [2.24, 2.45) is 0 Å². The van der Waals surface area contributed by atoms with Crippen LogP contribution in [0.1, 0.15) is 49.1 Å². The van der Waals surface area contributed by atoms with Crippen molar-refractivity contribution in [3.8, 4) is 22.1 Å². The molecular formula is C23H26N8O5PS+. The predicted octanol–water partition coefficient (Wildman–Crippen LogP) is 4.06. The van der Waals surface area contributed by atoms with Gasteiger partial charge in [0.05, 0.1) is 24.0 Å². The number of anilines is 1. The lowest BCUT2D eigenvalue weighted by molar-refractivity contribution is 0.0260. The zero-order chi connectivity index (χ0) is 26.5. The molecule has 13 nitrogen and oxygen atoms in total. The van der Waals surface area contributed by atoms with E-state index in [9.17, 15) is 9.36 Å². The molecule has 5 rings (SSSR count). The molecular weight excluding hydrogens is 531 g/mol. The molecule has 1 fully saturated rings. The van der Waals surface area contributed by atoms with Crippen molar-refractivity contribution >= 4 is 31.2 Å². The molecule has 1 amide bonds. The first-order valence-corrected chi connectivity index (χ1v) is 14.1. The van der Waals surface area contributed by atoms with Gasteiger partial charge in [0.1, 0.15) is 10.7 Å². The highest BCUT2D eigenvalue weighted by molar-refractivity contribution is 7.32. The normalized spacial score (nSPS) is 17.9. The average Bonchev–Trinajstić information content (AvgIpc) is 3.68. The van der Waals surface area contributed by atoms with E-state index in [-0.39, 0.29) is 24.6 Å². The molecule has 0 radical (unpaired) electrons. The predicted molar refractivity (Wildman–Crippen MR) is 138 cm³/mol. The molecule has 198 valence electrons. The third-order valence-corrected chi connectivity index (χ3v) is 7.32. The van der Waals surface area contributed by atoms with Gasteiger partial charge in [0.15, 0.2) is 18.2 Å². The average molecular weight is 558 g/mol. The smallest absolute Gasteiger partial charge is 0.379 e. The van der Waals surface area contributed by atoms with Crippen LogP contribution in [0.5, 0.6) is 0 Å². The minimum absolute atomic E-state index is 0.175. The second-order valence-electron chi connectivity index (χ2n) is 8.59. The Morgan fingerprint density at radius 2 is 2.03 bits per heavy atom. The highest BCUT2D eigenvalue weighted by Crippen LogP contribution is 2.33. The topological polar surface area (TPSA) is 159 Å². The van der Waals surface area contributed by atoms with Gasteiger partial charge in [-0.2, -0.15) is 10.2 Å². The minimum Gasteiger partial charge on any atom is -0.379 e. The molecule has 4 heterocycles. The number of hydrogen-bond acceptors (Lipinski definition) is 10.